The molecule has 1 aliphatic carbocycles. The molecule has 3 N–H and O–H groups in total. The van der Waals surface area contributed by atoms with Crippen molar-refractivity contribution in [2.75, 3.05) is 11.6 Å². The highest BCUT2D eigenvalue weighted by Crippen LogP contribution is 2.28. The standard InChI is InChI=1S/C20H24N2O4S.ClH/c1-27(24,25)18-7-5-6-17(14-18)26-16-10-8-15(9-11-16)22-19(23)20(21)12-3-2-4-13-20;/h5-11,14H,2-4,12-13,21H2,1H3,(H,22,23);1H. The first-order valence-corrected chi connectivity index (χ1v) is 10.8. The monoisotopic (exact) mass is 424 g/mol. The lowest BCUT2D eigenvalue weighted by atomic mass is 9.82. The fourth-order valence-corrected chi connectivity index (χ4v) is 3.83. The predicted molar refractivity (Wildman–Crippen MR) is 112 cm³/mol. The molecule has 0 radical (unpaired) electrons. The quantitative estimate of drug-likeness (QED) is 0.758. The number of ether oxygens (including phenoxy) is 1. The third kappa shape index (κ3) is 5.47. The molecule has 0 unspecified atom stereocenters. The third-order valence-electron chi connectivity index (χ3n) is 4.78. The van der Waals surface area contributed by atoms with Crippen molar-refractivity contribution >= 4 is 33.8 Å². The predicted octanol–water partition coefficient (Wildman–Crippen LogP) is 3.90. The van der Waals surface area contributed by atoms with Gasteiger partial charge in [0.25, 0.3) is 0 Å². The Balaban J connectivity index is 0.00000280. The fourth-order valence-electron chi connectivity index (χ4n) is 3.18. The minimum absolute atomic E-state index is 0. The smallest absolute Gasteiger partial charge is 0.244 e. The van der Waals surface area contributed by atoms with E-state index in [1.54, 1.807) is 36.4 Å². The summed E-state index contributed by atoms with van der Waals surface area (Å²) in [6, 6.07) is 13.2. The van der Waals surface area contributed by atoms with E-state index in [0.29, 0.717) is 30.0 Å². The van der Waals surface area contributed by atoms with Crippen LogP contribution >= 0.6 is 12.4 Å². The number of sulfone groups is 1. The molecule has 0 heterocycles. The maximum absolute atomic E-state index is 12.5. The Kier molecular flexibility index (Phi) is 7.09. The van der Waals surface area contributed by atoms with Gasteiger partial charge in [-0.25, -0.2) is 8.42 Å². The Morgan fingerprint density at radius 1 is 1.04 bits per heavy atom. The van der Waals surface area contributed by atoms with Crippen LogP contribution in [-0.4, -0.2) is 26.1 Å². The Morgan fingerprint density at radius 3 is 2.29 bits per heavy atom. The van der Waals surface area contributed by atoms with E-state index in [1.165, 1.54) is 12.1 Å². The maximum Gasteiger partial charge on any atom is 0.244 e. The van der Waals surface area contributed by atoms with Gasteiger partial charge in [0.15, 0.2) is 9.84 Å². The van der Waals surface area contributed by atoms with Crippen molar-refractivity contribution in [1.29, 1.82) is 0 Å². The summed E-state index contributed by atoms with van der Waals surface area (Å²) < 4.78 is 29.0. The molecule has 0 atom stereocenters. The minimum Gasteiger partial charge on any atom is -0.457 e. The van der Waals surface area contributed by atoms with Crippen LogP contribution in [0, 0.1) is 0 Å². The molecule has 0 bridgehead atoms. The normalized spacial score (nSPS) is 15.9. The first-order chi connectivity index (χ1) is 12.8. The van der Waals surface area contributed by atoms with Gasteiger partial charge in [-0.05, 0) is 55.3 Å². The molecule has 2 aromatic carbocycles. The van der Waals surface area contributed by atoms with Crippen molar-refractivity contribution in [1.82, 2.24) is 0 Å². The van der Waals surface area contributed by atoms with Crippen LogP contribution in [0.4, 0.5) is 5.69 Å². The third-order valence-corrected chi connectivity index (χ3v) is 5.89. The van der Waals surface area contributed by atoms with Gasteiger partial charge in [-0.3, -0.25) is 4.79 Å². The minimum atomic E-state index is -3.29. The van der Waals surface area contributed by atoms with Gasteiger partial charge in [0, 0.05) is 11.9 Å². The fraction of sp³-hybridized carbons (Fsp3) is 0.350. The Bertz CT molecular complexity index is 923. The van der Waals surface area contributed by atoms with Crippen molar-refractivity contribution in [2.24, 2.45) is 5.73 Å². The number of hydrogen-bond donors (Lipinski definition) is 2. The van der Waals surface area contributed by atoms with E-state index >= 15 is 0 Å². The van der Waals surface area contributed by atoms with E-state index in [1.807, 2.05) is 0 Å². The SMILES string of the molecule is CS(=O)(=O)c1cccc(Oc2ccc(NC(=O)C3(N)CCCCC3)cc2)c1.Cl. The molecule has 3 rings (SSSR count). The highest BCUT2D eigenvalue weighted by molar-refractivity contribution is 7.90. The van der Waals surface area contributed by atoms with E-state index in [4.69, 9.17) is 10.5 Å². The average molecular weight is 425 g/mol. The van der Waals surface area contributed by atoms with Gasteiger partial charge < -0.3 is 15.8 Å². The second-order valence-corrected chi connectivity index (χ2v) is 9.06. The van der Waals surface area contributed by atoms with Crippen molar-refractivity contribution in [3.63, 3.8) is 0 Å². The first-order valence-electron chi connectivity index (χ1n) is 8.95. The second kappa shape index (κ2) is 8.94. The van der Waals surface area contributed by atoms with Crippen molar-refractivity contribution in [2.45, 2.75) is 42.5 Å². The molecule has 28 heavy (non-hydrogen) atoms. The number of carbonyl (C=O) groups excluding carboxylic acids is 1. The van der Waals surface area contributed by atoms with Crippen LogP contribution in [0.5, 0.6) is 11.5 Å². The van der Waals surface area contributed by atoms with Crippen LogP contribution in [0.1, 0.15) is 32.1 Å². The van der Waals surface area contributed by atoms with Crippen LogP contribution in [0.25, 0.3) is 0 Å². The molecule has 1 aliphatic rings. The zero-order chi connectivity index (χ0) is 19.5. The summed E-state index contributed by atoms with van der Waals surface area (Å²) >= 11 is 0. The Labute approximate surface area is 171 Å². The van der Waals surface area contributed by atoms with Crippen LogP contribution < -0.4 is 15.8 Å². The summed E-state index contributed by atoms with van der Waals surface area (Å²) in [5, 5.41) is 2.87. The summed E-state index contributed by atoms with van der Waals surface area (Å²) in [7, 11) is -3.29. The highest BCUT2D eigenvalue weighted by atomic mass is 35.5. The number of nitrogens with one attached hydrogen (secondary N) is 1. The maximum atomic E-state index is 12.5. The number of halogens is 1. The molecular weight excluding hydrogens is 400 g/mol. The van der Waals surface area contributed by atoms with Gasteiger partial charge in [0.2, 0.25) is 5.91 Å². The lowest BCUT2D eigenvalue weighted by Crippen LogP contribution is -2.52. The molecule has 152 valence electrons. The number of amides is 1. The van der Waals surface area contributed by atoms with Crippen molar-refractivity contribution in [3.05, 3.63) is 48.5 Å². The molecule has 2 aromatic rings. The molecule has 8 heteroatoms. The van der Waals surface area contributed by atoms with E-state index in [9.17, 15) is 13.2 Å². The van der Waals surface area contributed by atoms with Crippen LogP contribution in [0.2, 0.25) is 0 Å². The topological polar surface area (TPSA) is 98.5 Å². The summed E-state index contributed by atoms with van der Waals surface area (Å²) in [6.07, 6.45) is 5.64. The molecule has 0 saturated heterocycles. The van der Waals surface area contributed by atoms with Gasteiger partial charge in [0.1, 0.15) is 11.5 Å². The molecular formula is C20H25ClN2O4S. The van der Waals surface area contributed by atoms with E-state index < -0.39 is 15.4 Å². The molecule has 0 aliphatic heterocycles. The summed E-state index contributed by atoms with van der Waals surface area (Å²) in [6.45, 7) is 0. The van der Waals surface area contributed by atoms with Gasteiger partial charge in [-0.15, -0.1) is 12.4 Å². The lowest BCUT2D eigenvalue weighted by Gasteiger charge is -2.31. The zero-order valence-electron chi connectivity index (χ0n) is 15.7. The van der Waals surface area contributed by atoms with Gasteiger partial charge in [0.05, 0.1) is 10.4 Å². The van der Waals surface area contributed by atoms with E-state index in [-0.39, 0.29) is 23.2 Å². The Morgan fingerprint density at radius 2 is 1.68 bits per heavy atom. The summed E-state index contributed by atoms with van der Waals surface area (Å²) in [5.41, 5.74) is 6.10. The van der Waals surface area contributed by atoms with Gasteiger partial charge in [-0.2, -0.15) is 0 Å². The van der Waals surface area contributed by atoms with Crippen molar-refractivity contribution < 1.29 is 17.9 Å². The number of nitrogens with two attached hydrogens (primary N) is 1. The lowest BCUT2D eigenvalue weighted by molar-refractivity contribution is -0.122. The zero-order valence-corrected chi connectivity index (χ0v) is 17.3. The molecule has 1 amide bonds. The first kappa shape index (κ1) is 22.2. The van der Waals surface area contributed by atoms with E-state index in [2.05, 4.69) is 5.32 Å². The molecule has 6 nitrogen and oxygen atoms in total. The number of benzene rings is 2. The molecule has 1 fully saturated rings. The van der Waals surface area contributed by atoms with Crippen molar-refractivity contribution in [3.8, 4) is 11.5 Å². The van der Waals surface area contributed by atoms with E-state index in [0.717, 1.165) is 25.5 Å². The number of hydrogen-bond acceptors (Lipinski definition) is 5. The molecule has 0 spiro atoms. The largest absolute Gasteiger partial charge is 0.457 e. The van der Waals surface area contributed by atoms with Gasteiger partial charge >= 0.3 is 0 Å². The molecule has 1 saturated carbocycles. The summed E-state index contributed by atoms with van der Waals surface area (Å²) in [4.78, 5) is 12.7. The van der Waals surface area contributed by atoms with Crippen LogP contribution in [0.15, 0.2) is 53.4 Å². The number of anilines is 1. The van der Waals surface area contributed by atoms with Crippen LogP contribution in [-0.2, 0) is 14.6 Å². The number of carbonyl (C=O) groups is 1. The number of rotatable bonds is 5. The summed E-state index contributed by atoms with van der Waals surface area (Å²) in [5.74, 6) is 0.813. The average Bonchev–Trinajstić information content (AvgIpc) is 2.63. The highest BCUT2D eigenvalue weighted by Gasteiger charge is 2.35. The molecule has 0 aromatic heterocycles. The van der Waals surface area contributed by atoms with Gasteiger partial charge in [-0.1, -0.05) is 25.3 Å². The Hall–Kier alpha value is -2.09. The van der Waals surface area contributed by atoms with Crippen LogP contribution in [0.3, 0.4) is 0 Å². The second-order valence-electron chi connectivity index (χ2n) is 7.04.